The van der Waals surface area contributed by atoms with Crippen LogP contribution in [0, 0.1) is 5.92 Å². The molecule has 0 saturated heterocycles. The summed E-state index contributed by atoms with van der Waals surface area (Å²) in [5.41, 5.74) is 0.634. The fourth-order valence-corrected chi connectivity index (χ4v) is 3.37. The van der Waals surface area contributed by atoms with Gasteiger partial charge >= 0.3 is 0 Å². The van der Waals surface area contributed by atoms with Crippen LogP contribution in [0.2, 0.25) is 0 Å². The van der Waals surface area contributed by atoms with E-state index in [1.807, 2.05) is 32.0 Å². The molecule has 6 nitrogen and oxygen atoms in total. The molecular weight excluding hydrogens is 264 g/mol. The van der Waals surface area contributed by atoms with Crippen molar-refractivity contribution in [1.82, 2.24) is 20.2 Å². The van der Waals surface area contributed by atoms with Crippen molar-refractivity contribution in [3.8, 4) is 5.69 Å². The Kier molecular flexibility index (Phi) is 3.94. The summed E-state index contributed by atoms with van der Waals surface area (Å²) >= 11 is 0. The van der Waals surface area contributed by atoms with E-state index in [0.717, 1.165) is 6.42 Å². The van der Waals surface area contributed by atoms with Crippen molar-refractivity contribution in [2.24, 2.45) is 5.92 Å². The lowest BCUT2D eigenvalue weighted by Crippen LogP contribution is -2.18. The van der Waals surface area contributed by atoms with Crippen molar-refractivity contribution in [3.05, 3.63) is 30.3 Å². The van der Waals surface area contributed by atoms with E-state index in [1.165, 1.54) is 4.68 Å². The minimum absolute atomic E-state index is 0.0523. The van der Waals surface area contributed by atoms with Gasteiger partial charge in [0.05, 0.1) is 11.4 Å². The lowest BCUT2D eigenvalue weighted by atomic mass is 10.2. The van der Waals surface area contributed by atoms with Crippen LogP contribution in [-0.4, -0.2) is 34.4 Å². The molecule has 0 aliphatic carbocycles. The van der Waals surface area contributed by atoms with Gasteiger partial charge in [-0.3, -0.25) is 0 Å². The van der Waals surface area contributed by atoms with Crippen LogP contribution in [0.15, 0.2) is 35.5 Å². The van der Waals surface area contributed by atoms with Crippen molar-refractivity contribution in [1.29, 1.82) is 0 Å². The number of nitrogens with zero attached hydrogens (tertiary/aromatic N) is 4. The summed E-state index contributed by atoms with van der Waals surface area (Å²) in [5, 5.41) is 10.8. The second-order valence-corrected chi connectivity index (χ2v) is 6.43. The Morgan fingerprint density at radius 1 is 1.26 bits per heavy atom. The summed E-state index contributed by atoms with van der Waals surface area (Å²) in [5.74, 6) is 0.127. The lowest BCUT2D eigenvalue weighted by molar-refractivity contribution is 0.552. The number of para-hydroxylation sites is 1. The number of hydrogen-bond donors (Lipinski definition) is 0. The van der Waals surface area contributed by atoms with E-state index in [-0.39, 0.29) is 16.8 Å². The molecule has 0 fully saturated rings. The smallest absolute Gasteiger partial charge is 0.220 e. The number of hydrogen-bond acceptors (Lipinski definition) is 5. The standard InChI is InChI=1S/C12H16N4O2S/c1-3-10(2)9-19(17,18)12-13-14-15-16(12)11-7-5-4-6-8-11/h4-8,10H,3,9H2,1-2H3. The Morgan fingerprint density at radius 2 is 1.95 bits per heavy atom. The molecule has 0 N–H and O–H groups in total. The van der Waals surface area contributed by atoms with E-state index in [1.54, 1.807) is 12.1 Å². The van der Waals surface area contributed by atoms with E-state index in [9.17, 15) is 8.42 Å². The summed E-state index contributed by atoms with van der Waals surface area (Å²) in [6, 6.07) is 8.99. The molecule has 19 heavy (non-hydrogen) atoms. The zero-order chi connectivity index (χ0) is 13.9. The monoisotopic (exact) mass is 280 g/mol. The molecule has 1 aromatic heterocycles. The first-order valence-electron chi connectivity index (χ1n) is 6.11. The molecule has 0 bridgehead atoms. The molecule has 0 amide bonds. The van der Waals surface area contributed by atoms with Crippen LogP contribution in [0.1, 0.15) is 20.3 Å². The number of benzene rings is 1. The molecule has 2 aromatic rings. The molecule has 0 spiro atoms. The Hall–Kier alpha value is -1.76. The van der Waals surface area contributed by atoms with Gasteiger partial charge in [0.1, 0.15) is 0 Å². The lowest BCUT2D eigenvalue weighted by Gasteiger charge is -2.09. The Morgan fingerprint density at radius 3 is 2.58 bits per heavy atom. The molecule has 1 heterocycles. The first-order valence-corrected chi connectivity index (χ1v) is 7.76. The zero-order valence-electron chi connectivity index (χ0n) is 10.9. The van der Waals surface area contributed by atoms with Crippen molar-refractivity contribution < 1.29 is 8.42 Å². The van der Waals surface area contributed by atoms with Crippen LogP contribution < -0.4 is 0 Å². The fourth-order valence-electron chi connectivity index (χ4n) is 1.67. The van der Waals surface area contributed by atoms with Crippen molar-refractivity contribution in [2.45, 2.75) is 25.4 Å². The number of sulfone groups is 1. The van der Waals surface area contributed by atoms with Crippen molar-refractivity contribution in [2.75, 3.05) is 5.75 Å². The molecule has 1 atom stereocenters. The van der Waals surface area contributed by atoms with Gasteiger partial charge in [0.25, 0.3) is 5.16 Å². The largest absolute Gasteiger partial charge is 0.272 e. The van der Waals surface area contributed by atoms with Gasteiger partial charge in [-0.25, -0.2) is 8.42 Å². The number of tetrazole rings is 1. The van der Waals surface area contributed by atoms with Crippen molar-refractivity contribution in [3.63, 3.8) is 0 Å². The van der Waals surface area contributed by atoms with Crippen LogP contribution >= 0.6 is 0 Å². The van der Waals surface area contributed by atoms with Crippen LogP contribution in [0.4, 0.5) is 0 Å². The van der Waals surface area contributed by atoms with Gasteiger partial charge in [-0.2, -0.15) is 4.68 Å². The third-order valence-corrected chi connectivity index (χ3v) is 4.74. The predicted molar refractivity (Wildman–Crippen MR) is 70.7 cm³/mol. The number of rotatable bonds is 5. The molecule has 0 radical (unpaired) electrons. The van der Waals surface area contributed by atoms with Crippen LogP contribution in [-0.2, 0) is 9.84 Å². The van der Waals surface area contributed by atoms with Crippen molar-refractivity contribution >= 4 is 9.84 Å². The summed E-state index contributed by atoms with van der Waals surface area (Å²) in [6.07, 6.45) is 0.798. The molecular formula is C12H16N4O2S. The maximum absolute atomic E-state index is 12.3. The maximum atomic E-state index is 12.3. The Labute approximate surface area is 112 Å². The first-order chi connectivity index (χ1) is 9.04. The minimum Gasteiger partial charge on any atom is -0.220 e. The summed E-state index contributed by atoms with van der Waals surface area (Å²) in [4.78, 5) is 0. The normalized spacial score (nSPS) is 13.4. The Bertz CT molecular complexity index is 637. The first kappa shape index (κ1) is 13.7. The second-order valence-electron chi connectivity index (χ2n) is 4.50. The van der Waals surface area contributed by atoms with E-state index in [0.29, 0.717) is 5.69 Å². The maximum Gasteiger partial charge on any atom is 0.272 e. The van der Waals surface area contributed by atoms with Crippen LogP contribution in [0.5, 0.6) is 0 Å². The molecule has 2 rings (SSSR count). The zero-order valence-corrected chi connectivity index (χ0v) is 11.7. The van der Waals surface area contributed by atoms with E-state index in [4.69, 9.17) is 0 Å². The Balaban J connectivity index is 2.40. The molecule has 7 heteroatoms. The van der Waals surface area contributed by atoms with E-state index < -0.39 is 9.84 Å². The highest BCUT2D eigenvalue weighted by atomic mass is 32.2. The molecule has 1 aromatic carbocycles. The van der Waals surface area contributed by atoms with Gasteiger partial charge in [-0.05, 0) is 28.5 Å². The average Bonchev–Trinajstić information content (AvgIpc) is 2.89. The molecule has 0 saturated carbocycles. The highest BCUT2D eigenvalue weighted by Gasteiger charge is 2.25. The topological polar surface area (TPSA) is 77.7 Å². The molecule has 0 aliphatic heterocycles. The quantitative estimate of drug-likeness (QED) is 0.829. The molecule has 102 valence electrons. The second kappa shape index (κ2) is 5.48. The fraction of sp³-hybridized carbons (Fsp3) is 0.417. The molecule has 0 aliphatic rings. The minimum atomic E-state index is -3.48. The summed E-state index contributed by atoms with van der Waals surface area (Å²) in [6.45, 7) is 3.86. The van der Waals surface area contributed by atoms with Crippen LogP contribution in [0.3, 0.4) is 0 Å². The van der Waals surface area contributed by atoms with Gasteiger partial charge in [0, 0.05) is 0 Å². The van der Waals surface area contributed by atoms with E-state index >= 15 is 0 Å². The van der Waals surface area contributed by atoms with Gasteiger partial charge < -0.3 is 0 Å². The summed E-state index contributed by atoms with van der Waals surface area (Å²) < 4.78 is 25.8. The van der Waals surface area contributed by atoms with Gasteiger partial charge in [0.15, 0.2) is 0 Å². The number of aromatic nitrogens is 4. The SMILES string of the molecule is CCC(C)CS(=O)(=O)c1nnnn1-c1ccccc1. The highest BCUT2D eigenvalue weighted by Crippen LogP contribution is 2.16. The van der Waals surface area contributed by atoms with Crippen LogP contribution in [0.25, 0.3) is 5.69 Å². The third kappa shape index (κ3) is 2.98. The van der Waals surface area contributed by atoms with E-state index in [2.05, 4.69) is 15.5 Å². The predicted octanol–water partition coefficient (Wildman–Crippen LogP) is 1.48. The molecule has 1 unspecified atom stereocenters. The third-order valence-electron chi connectivity index (χ3n) is 2.92. The average molecular weight is 280 g/mol. The van der Waals surface area contributed by atoms with Gasteiger partial charge in [-0.15, -0.1) is 0 Å². The van der Waals surface area contributed by atoms with Gasteiger partial charge in [-0.1, -0.05) is 43.6 Å². The highest BCUT2D eigenvalue weighted by molar-refractivity contribution is 7.91. The summed E-state index contributed by atoms with van der Waals surface area (Å²) in [7, 11) is -3.48. The van der Waals surface area contributed by atoms with Gasteiger partial charge in [0.2, 0.25) is 9.84 Å².